The Morgan fingerprint density at radius 1 is 1.23 bits per heavy atom. The van der Waals surface area contributed by atoms with Gasteiger partial charge in [0.2, 0.25) is 0 Å². The zero-order valence-electron chi connectivity index (χ0n) is 22.0. The van der Waals surface area contributed by atoms with E-state index in [1.54, 1.807) is 32.1 Å². The van der Waals surface area contributed by atoms with Gasteiger partial charge in [-0.15, -0.1) is 11.3 Å². The molecule has 0 radical (unpaired) electrons. The molecule has 2 aliphatic rings. The molecule has 0 amide bonds. The molecule has 0 saturated carbocycles. The van der Waals surface area contributed by atoms with Crippen LogP contribution in [0.25, 0.3) is 6.08 Å². The second-order valence-corrected chi connectivity index (χ2v) is 12.3. The number of epoxide rings is 1. The first-order chi connectivity index (χ1) is 16.2. The fourth-order valence-corrected chi connectivity index (χ4v) is 5.64. The number of carbonyl (C=O) groups is 2. The molecule has 2 saturated heterocycles. The van der Waals surface area contributed by atoms with Gasteiger partial charge in [0.05, 0.1) is 46.5 Å². The maximum absolute atomic E-state index is 13.2. The number of thiazole rings is 1. The lowest BCUT2D eigenvalue weighted by atomic mass is 9.73. The number of aromatic nitrogens is 1. The predicted molar refractivity (Wildman–Crippen MR) is 136 cm³/mol. The standard InChI is InChI=1S/C27H41NO6S/c1-15-9-8-10-27(7)22(34-27)12-20(16(2)11-19-14-35-18(4)28-19)33-23(30)13-21(29)26(5,6)25(32)17(3)24(15)31/h11,14-15,17,20-22,24,29,31H,8-10,12-13H2,1-7H3/b16-11+/t15-,17+,20?,21?,22-,24-,27+/m0/s1. The van der Waals surface area contributed by atoms with E-state index in [1.807, 2.05) is 32.2 Å². The van der Waals surface area contributed by atoms with Crippen molar-refractivity contribution in [3.8, 4) is 0 Å². The van der Waals surface area contributed by atoms with Crippen molar-refractivity contribution in [2.45, 2.75) is 111 Å². The van der Waals surface area contributed by atoms with Crippen LogP contribution in [0.4, 0.5) is 0 Å². The first kappa shape index (κ1) is 28.0. The summed E-state index contributed by atoms with van der Waals surface area (Å²) in [5, 5.41) is 24.6. The zero-order chi connectivity index (χ0) is 26.1. The molecular weight excluding hydrogens is 466 g/mol. The van der Waals surface area contributed by atoms with Gasteiger partial charge in [0.25, 0.3) is 0 Å². The molecule has 2 aliphatic heterocycles. The number of hydrogen-bond donors (Lipinski definition) is 2. The van der Waals surface area contributed by atoms with E-state index >= 15 is 0 Å². The van der Waals surface area contributed by atoms with Crippen LogP contribution in [0.3, 0.4) is 0 Å². The summed E-state index contributed by atoms with van der Waals surface area (Å²) < 4.78 is 11.9. The first-order valence-corrected chi connectivity index (χ1v) is 13.5. The highest BCUT2D eigenvalue weighted by molar-refractivity contribution is 7.09. The van der Waals surface area contributed by atoms with Gasteiger partial charge in [-0.3, -0.25) is 9.59 Å². The van der Waals surface area contributed by atoms with E-state index < -0.39 is 35.6 Å². The van der Waals surface area contributed by atoms with Crippen LogP contribution in [0.15, 0.2) is 11.0 Å². The summed E-state index contributed by atoms with van der Waals surface area (Å²) in [5.74, 6) is -1.55. The van der Waals surface area contributed by atoms with Gasteiger partial charge in [0, 0.05) is 17.7 Å². The fraction of sp³-hybridized carbons (Fsp3) is 0.741. The van der Waals surface area contributed by atoms with Crippen LogP contribution >= 0.6 is 11.3 Å². The Balaban J connectivity index is 1.85. The van der Waals surface area contributed by atoms with Gasteiger partial charge < -0.3 is 19.7 Å². The van der Waals surface area contributed by atoms with Gasteiger partial charge in [-0.25, -0.2) is 4.98 Å². The third-order valence-corrected chi connectivity index (χ3v) is 8.72. The smallest absolute Gasteiger partial charge is 0.309 e. The number of fused-ring (bicyclic) bond motifs is 1. The minimum atomic E-state index is -1.23. The molecule has 2 unspecified atom stereocenters. The van der Waals surface area contributed by atoms with Gasteiger partial charge in [0.1, 0.15) is 11.9 Å². The van der Waals surface area contributed by atoms with E-state index in [9.17, 15) is 19.8 Å². The largest absolute Gasteiger partial charge is 0.458 e. The number of cyclic esters (lactones) is 1. The molecule has 2 N–H and O–H groups in total. The monoisotopic (exact) mass is 507 g/mol. The van der Waals surface area contributed by atoms with Crippen LogP contribution in [-0.2, 0) is 19.1 Å². The molecule has 7 nitrogen and oxygen atoms in total. The van der Waals surface area contributed by atoms with Crippen molar-refractivity contribution in [2.75, 3.05) is 0 Å². The third kappa shape index (κ3) is 6.59. The van der Waals surface area contributed by atoms with Crippen LogP contribution in [-0.4, -0.2) is 57.0 Å². The van der Waals surface area contributed by atoms with Gasteiger partial charge >= 0.3 is 5.97 Å². The Kier molecular flexibility index (Phi) is 8.62. The Morgan fingerprint density at radius 3 is 2.54 bits per heavy atom. The summed E-state index contributed by atoms with van der Waals surface area (Å²) in [6, 6.07) is 0. The Morgan fingerprint density at radius 2 is 1.91 bits per heavy atom. The molecule has 2 fully saturated rings. The number of ketones is 1. The third-order valence-electron chi connectivity index (χ3n) is 7.93. The SMILES string of the molecule is C/C(=C\c1csc(C)n1)C1C[C@@H]2O[C@]2(C)CCC[C@H](C)[C@H](O)[C@@H](C)C(=O)C(C)(C)C(O)CC(=O)O1. The molecule has 7 atom stereocenters. The number of aryl methyl sites for hydroxylation is 1. The molecular formula is C27H41NO6S. The summed E-state index contributed by atoms with van der Waals surface area (Å²) in [4.78, 5) is 30.6. The highest BCUT2D eigenvalue weighted by Crippen LogP contribution is 2.45. The number of aliphatic hydroxyl groups excluding tert-OH is 2. The van der Waals surface area contributed by atoms with E-state index in [0.717, 1.165) is 35.5 Å². The lowest BCUT2D eigenvalue weighted by Crippen LogP contribution is -2.45. The Hall–Kier alpha value is -1.61. The zero-order valence-corrected chi connectivity index (χ0v) is 22.9. The molecule has 196 valence electrons. The van der Waals surface area contributed by atoms with E-state index in [0.29, 0.717) is 6.42 Å². The summed E-state index contributed by atoms with van der Waals surface area (Å²) in [6.45, 7) is 12.8. The summed E-state index contributed by atoms with van der Waals surface area (Å²) in [6.07, 6.45) is 1.98. The van der Waals surface area contributed by atoms with Gasteiger partial charge in [0.15, 0.2) is 0 Å². The number of ether oxygens (including phenoxy) is 2. The number of esters is 1. The van der Waals surface area contributed by atoms with E-state index in [4.69, 9.17) is 9.47 Å². The maximum atomic E-state index is 13.2. The highest BCUT2D eigenvalue weighted by atomic mass is 32.1. The molecule has 1 aromatic heterocycles. The van der Waals surface area contributed by atoms with Crippen molar-refractivity contribution < 1.29 is 29.3 Å². The topological polar surface area (TPSA) is 109 Å². The Labute approximate surface area is 212 Å². The van der Waals surface area contributed by atoms with E-state index in [2.05, 4.69) is 11.9 Å². The van der Waals surface area contributed by atoms with Crippen LogP contribution < -0.4 is 0 Å². The normalized spacial score (nSPS) is 37.5. The maximum Gasteiger partial charge on any atom is 0.309 e. The molecule has 8 heteroatoms. The Bertz CT molecular complexity index is 955. The average molecular weight is 508 g/mol. The van der Waals surface area contributed by atoms with Crippen molar-refractivity contribution in [2.24, 2.45) is 17.3 Å². The molecule has 1 aromatic rings. The average Bonchev–Trinajstić information content (AvgIpc) is 3.22. The number of hydrogen-bond acceptors (Lipinski definition) is 8. The fourth-order valence-electron chi connectivity index (χ4n) is 5.07. The molecule has 0 aliphatic carbocycles. The number of rotatable bonds is 2. The van der Waals surface area contributed by atoms with Gasteiger partial charge in [-0.05, 0) is 51.2 Å². The predicted octanol–water partition coefficient (Wildman–Crippen LogP) is 4.48. The summed E-state index contributed by atoms with van der Waals surface area (Å²) in [7, 11) is 0. The number of aliphatic hydroxyl groups is 2. The minimum absolute atomic E-state index is 0.0455. The van der Waals surface area contributed by atoms with Crippen molar-refractivity contribution >= 4 is 29.2 Å². The van der Waals surface area contributed by atoms with Crippen LogP contribution in [0, 0.1) is 24.2 Å². The van der Waals surface area contributed by atoms with Crippen LogP contribution in [0.1, 0.15) is 84.3 Å². The lowest BCUT2D eigenvalue weighted by Gasteiger charge is -2.34. The van der Waals surface area contributed by atoms with Crippen molar-refractivity contribution in [3.63, 3.8) is 0 Å². The van der Waals surface area contributed by atoms with Crippen molar-refractivity contribution in [1.29, 1.82) is 0 Å². The number of nitrogens with zero attached hydrogens (tertiary/aromatic N) is 1. The molecule has 35 heavy (non-hydrogen) atoms. The quantitative estimate of drug-likeness (QED) is 0.449. The van der Waals surface area contributed by atoms with E-state index in [-0.39, 0.29) is 29.8 Å². The molecule has 0 bridgehead atoms. The lowest BCUT2D eigenvalue weighted by molar-refractivity contribution is -0.154. The molecule has 0 aromatic carbocycles. The minimum Gasteiger partial charge on any atom is -0.458 e. The number of Topliss-reactive ketones (excluding diaryl/α,β-unsaturated/α-hetero) is 1. The molecule has 3 heterocycles. The highest BCUT2D eigenvalue weighted by Gasteiger charge is 2.53. The van der Waals surface area contributed by atoms with E-state index in [1.165, 1.54) is 0 Å². The molecule has 3 rings (SSSR count). The van der Waals surface area contributed by atoms with Crippen LogP contribution in [0.2, 0.25) is 0 Å². The summed E-state index contributed by atoms with van der Waals surface area (Å²) >= 11 is 1.56. The van der Waals surface area contributed by atoms with Gasteiger partial charge in [-0.2, -0.15) is 0 Å². The van der Waals surface area contributed by atoms with Crippen LogP contribution in [0.5, 0.6) is 0 Å². The van der Waals surface area contributed by atoms with Crippen molar-refractivity contribution in [3.05, 3.63) is 21.7 Å². The number of carbonyl (C=O) groups excluding carboxylic acids is 2. The molecule has 0 spiro atoms. The summed E-state index contributed by atoms with van der Waals surface area (Å²) in [5.41, 5.74) is 0.179. The van der Waals surface area contributed by atoms with Gasteiger partial charge in [-0.1, -0.05) is 34.1 Å². The second-order valence-electron chi connectivity index (χ2n) is 11.3. The van der Waals surface area contributed by atoms with Crippen molar-refractivity contribution in [1.82, 2.24) is 4.98 Å². The first-order valence-electron chi connectivity index (χ1n) is 12.6. The second kappa shape index (κ2) is 10.8.